The third-order valence-electron chi connectivity index (χ3n) is 0.968. The summed E-state index contributed by atoms with van der Waals surface area (Å²) in [5.41, 5.74) is 0. The molecule has 5 nitrogen and oxygen atoms in total. The van der Waals surface area contributed by atoms with E-state index in [1.54, 1.807) is 18.2 Å². The van der Waals surface area contributed by atoms with Crippen LogP contribution in [0.25, 0.3) is 0 Å². The predicted molar refractivity (Wildman–Crippen MR) is 44.1 cm³/mol. The van der Waals surface area contributed by atoms with Gasteiger partial charge in [-0.25, -0.2) is 4.57 Å². The van der Waals surface area contributed by atoms with E-state index in [2.05, 4.69) is 4.52 Å². The highest BCUT2D eigenvalue weighted by atomic mass is 31.2. The molecule has 12 heavy (non-hydrogen) atoms. The van der Waals surface area contributed by atoms with Crippen LogP contribution in [0.3, 0.4) is 0 Å². The molecule has 0 aliphatic heterocycles. The van der Waals surface area contributed by atoms with E-state index >= 15 is 0 Å². The molecule has 0 bridgehead atoms. The summed E-state index contributed by atoms with van der Waals surface area (Å²) in [4.78, 5) is 16.7. The SMILES string of the molecule is N.O=P(O)(O)Oc1ccccc1. The van der Waals surface area contributed by atoms with Crippen LogP contribution in [0.2, 0.25) is 0 Å². The molecule has 0 saturated heterocycles. The molecule has 68 valence electrons. The zero-order valence-corrected chi connectivity index (χ0v) is 7.15. The summed E-state index contributed by atoms with van der Waals surface area (Å²) >= 11 is 0. The van der Waals surface area contributed by atoms with E-state index in [0.29, 0.717) is 0 Å². The standard InChI is InChI=1S/C6H7O4P.H3N/c7-11(8,9)10-6-4-2-1-3-5-6;/h1-5H,(H2,7,8,9);1H3. The first kappa shape index (κ1) is 11.1. The maximum Gasteiger partial charge on any atom is 0.524 e. The molecule has 0 spiro atoms. The fraction of sp³-hybridized carbons (Fsp3) is 0. The Morgan fingerprint density at radius 3 is 2.08 bits per heavy atom. The largest absolute Gasteiger partial charge is 0.524 e. The zero-order chi connectivity index (χ0) is 8.32. The molecule has 1 aromatic rings. The van der Waals surface area contributed by atoms with Crippen molar-refractivity contribution in [3.8, 4) is 5.75 Å². The molecular weight excluding hydrogens is 181 g/mol. The summed E-state index contributed by atoms with van der Waals surface area (Å²) in [7, 11) is -4.39. The monoisotopic (exact) mass is 191 g/mol. The van der Waals surface area contributed by atoms with Gasteiger partial charge in [-0.15, -0.1) is 0 Å². The van der Waals surface area contributed by atoms with Gasteiger partial charge in [0.15, 0.2) is 0 Å². The summed E-state index contributed by atoms with van der Waals surface area (Å²) in [5.74, 6) is 0.167. The Morgan fingerprint density at radius 1 is 1.17 bits per heavy atom. The van der Waals surface area contributed by atoms with Gasteiger partial charge in [0.05, 0.1) is 0 Å². The quantitative estimate of drug-likeness (QED) is 0.612. The fourth-order valence-electron chi connectivity index (χ4n) is 0.619. The molecule has 0 unspecified atom stereocenters. The number of para-hydroxylation sites is 1. The van der Waals surface area contributed by atoms with Gasteiger partial charge in [0, 0.05) is 0 Å². The molecule has 1 aromatic carbocycles. The van der Waals surface area contributed by atoms with Gasteiger partial charge >= 0.3 is 7.82 Å². The number of phosphoric acid groups is 1. The van der Waals surface area contributed by atoms with Crippen LogP contribution < -0.4 is 10.7 Å². The van der Waals surface area contributed by atoms with Crippen LogP contribution in [0, 0.1) is 0 Å². The molecule has 0 amide bonds. The fourth-order valence-corrected chi connectivity index (χ4v) is 1.02. The summed E-state index contributed by atoms with van der Waals surface area (Å²) in [6.07, 6.45) is 0. The first-order valence-corrected chi connectivity index (χ1v) is 4.41. The highest BCUT2D eigenvalue weighted by molar-refractivity contribution is 7.46. The predicted octanol–water partition coefficient (Wildman–Crippen LogP) is 1.32. The van der Waals surface area contributed by atoms with Crippen molar-refractivity contribution in [3.05, 3.63) is 30.3 Å². The molecule has 0 radical (unpaired) electrons. The van der Waals surface area contributed by atoms with Crippen LogP contribution >= 0.6 is 7.82 Å². The molecule has 6 heteroatoms. The van der Waals surface area contributed by atoms with Gasteiger partial charge in [-0.1, -0.05) is 18.2 Å². The third kappa shape index (κ3) is 4.10. The van der Waals surface area contributed by atoms with Crippen LogP contribution in [-0.4, -0.2) is 9.79 Å². The average molecular weight is 191 g/mol. The molecule has 0 aliphatic carbocycles. The second-order valence-electron chi connectivity index (χ2n) is 1.89. The van der Waals surface area contributed by atoms with Gasteiger partial charge in [-0.2, -0.15) is 0 Å². The van der Waals surface area contributed by atoms with Crippen molar-refractivity contribution >= 4 is 7.82 Å². The van der Waals surface area contributed by atoms with Crippen LogP contribution in [0.1, 0.15) is 0 Å². The smallest absolute Gasteiger partial charge is 0.404 e. The molecule has 1 rings (SSSR count). The minimum absolute atomic E-state index is 0. The van der Waals surface area contributed by atoms with Crippen molar-refractivity contribution in [3.63, 3.8) is 0 Å². The molecule has 0 heterocycles. The molecule has 5 N–H and O–H groups in total. The topological polar surface area (TPSA) is 102 Å². The lowest BCUT2D eigenvalue weighted by Gasteiger charge is -2.04. The lowest BCUT2D eigenvalue weighted by molar-refractivity contribution is 0.283. The normalized spacial score (nSPS) is 10.2. The van der Waals surface area contributed by atoms with Crippen LogP contribution in [0.5, 0.6) is 5.75 Å². The second-order valence-corrected chi connectivity index (χ2v) is 3.06. The zero-order valence-electron chi connectivity index (χ0n) is 6.25. The average Bonchev–Trinajstić information content (AvgIpc) is 1.85. The summed E-state index contributed by atoms with van der Waals surface area (Å²) < 4.78 is 14.5. The van der Waals surface area contributed by atoms with Gasteiger partial charge in [0.2, 0.25) is 0 Å². The van der Waals surface area contributed by atoms with Crippen molar-refractivity contribution in [1.29, 1.82) is 0 Å². The molecular formula is C6H10NO4P. The van der Waals surface area contributed by atoms with Gasteiger partial charge < -0.3 is 10.7 Å². The Labute approximate surface area is 69.8 Å². The van der Waals surface area contributed by atoms with Crippen molar-refractivity contribution in [2.24, 2.45) is 0 Å². The van der Waals surface area contributed by atoms with Gasteiger partial charge in [-0.05, 0) is 12.1 Å². The van der Waals surface area contributed by atoms with Crippen molar-refractivity contribution in [1.82, 2.24) is 6.15 Å². The number of hydrogen-bond donors (Lipinski definition) is 3. The van der Waals surface area contributed by atoms with E-state index < -0.39 is 7.82 Å². The van der Waals surface area contributed by atoms with Crippen LogP contribution in [0.4, 0.5) is 0 Å². The van der Waals surface area contributed by atoms with E-state index in [1.165, 1.54) is 12.1 Å². The summed E-state index contributed by atoms with van der Waals surface area (Å²) in [6.45, 7) is 0. The molecule has 0 aromatic heterocycles. The number of phosphoric ester groups is 1. The number of benzene rings is 1. The van der Waals surface area contributed by atoms with Gasteiger partial charge in [-0.3, -0.25) is 9.79 Å². The highest BCUT2D eigenvalue weighted by Crippen LogP contribution is 2.36. The number of rotatable bonds is 2. The maximum atomic E-state index is 10.3. The van der Waals surface area contributed by atoms with E-state index in [4.69, 9.17) is 9.79 Å². The highest BCUT2D eigenvalue weighted by Gasteiger charge is 2.14. The summed E-state index contributed by atoms with van der Waals surface area (Å²) in [6, 6.07) is 7.93. The van der Waals surface area contributed by atoms with Crippen LogP contribution in [-0.2, 0) is 4.57 Å². The Kier molecular flexibility index (Phi) is 3.92. The van der Waals surface area contributed by atoms with Gasteiger partial charge in [0.1, 0.15) is 5.75 Å². The molecule has 0 aliphatic rings. The minimum atomic E-state index is -4.39. The third-order valence-corrected chi connectivity index (χ3v) is 1.42. The second kappa shape index (κ2) is 4.23. The van der Waals surface area contributed by atoms with Crippen molar-refractivity contribution in [2.45, 2.75) is 0 Å². The lowest BCUT2D eigenvalue weighted by Crippen LogP contribution is -1.88. The summed E-state index contributed by atoms with van der Waals surface area (Å²) in [5, 5.41) is 0. The van der Waals surface area contributed by atoms with E-state index in [1.807, 2.05) is 0 Å². The number of hydrogen-bond acceptors (Lipinski definition) is 3. The lowest BCUT2D eigenvalue weighted by atomic mass is 10.3. The minimum Gasteiger partial charge on any atom is -0.404 e. The molecule has 0 fully saturated rings. The van der Waals surface area contributed by atoms with Crippen molar-refractivity contribution in [2.75, 3.05) is 0 Å². The first-order valence-electron chi connectivity index (χ1n) is 2.88. The molecule has 0 atom stereocenters. The van der Waals surface area contributed by atoms with Gasteiger partial charge in [0.25, 0.3) is 0 Å². The van der Waals surface area contributed by atoms with E-state index in [0.717, 1.165) is 0 Å². The van der Waals surface area contributed by atoms with Crippen LogP contribution in [0.15, 0.2) is 30.3 Å². The maximum absolute atomic E-state index is 10.3. The van der Waals surface area contributed by atoms with E-state index in [-0.39, 0.29) is 11.9 Å². The Morgan fingerprint density at radius 2 is 1.67 bits per heavy atom. The Hall–Kier alpha value is -0.870. The van der Waals surface area contributed by atoms with Crippen molar-refractivity contribution < 1.29 is 18.9 Å². The molecule has 0 saturated carbocycles. The first-order chi connectivity index (χ1) is 5.08. The Bertz CT molecular complexity index is 270. The van der Waals surface area contributed by atoms with E-state index in [9.17, 15) is 4.57 Å². The Balaban J connectivity index is 0.00000121.